The van der Waals surface area contributed by atoms with E-state index in [4.69, 9.17) is 23.8 Å². The predicted octanol–water partition coefficient (Wildman–Crippen LogP) is 4.36. The minimum absolute atomic E-state index is 0.00472. The lowest BCUT2D eigenvalue weighted by atomic mass is 9.89. The summed E-state index contributed by atoms with van der Waals surface area (Å²) >= 11 is 11.4. The van der Waals surface area contributed by atoms with Crippen molar-refractivity contribution in [3.8, 4) is 0 Å². The lowest BCUT2D eigenvalue weighted by Crippen LogP contribution is -2.45. The van der Waals surface area contributed by atoms with Crippen molar-refractivity contribution in [3.63, 3.8) is 0 Å². The van der Waals surface area contributed by atoms with Crippen molar-refractivity contribution < 1.29 is 4.79 Å². The van der Waals surface area contributed by atoms with Crippen LogP contribution in [0.25, 0.3) is 0 Å². The molecule has 1 N–H and O–H groups in total. The number of rotatable bonds is 3. The van der Waals surface area contributed by atoms with Gasteiger partial charge in [-0.05, 0) is 36.8 Å². The summed E-state index contributed by atoms with van der Waals surface area (Å²) in [5.41, 5.74) is 3.16. The van der Waals surface area contributed by atoms with Gasteiger partial charge >= 0.3 is 0 Å². The van der Waals surface area contributed by atoms with Crippen molar-refractivity contribution in [1.29, 1.82) is 0 Å². The largest absolute Gasteiger partial charge is 0.351 e. The number of hydrogen-bond acceptors (Lipinski definition) is 2. The van der Waals surface area contributed by atoms with Crippen LogP contribution in [0.3, 0.4) is 0 Å². The summed E-state index contributed by atoms with van der Waals surface area (Å²) in [6.45, 7) is 1.92. The van der Waals surface area contributed by atoms with Gasteiger partial charge in [0.15, 0.2) is 10.9 Å². The quantitative estimate of drug-likeness (QED) is 0.654. The highest BCUT2D eigenvalue weighted by molar-refractivity contribution is 7.80. The Morgan fingerprint density at radius 1 is 1.12 bits per heavy atom. The van der Waals surface area contributed by atoms with Crippen LogP contribution in [0.5, 0.6) is 0 Å². The highest BCUT2D eigenvalue weighted by atomic mass is 35.5. The van der Waals surface area contributed by atoms with Gasteiger partial charge in [0.1, 0.15) is 0 Å². The van der Waals surface area contributed by atoms with Crippen LogP contribution in [-0.2, 0) is 0 Å². The molecule has 2 aromatic rings. The van der Waals surface area contributed by atoms with Crippen LogP contribution < -0.4 is 5.32 Å². The monoisotopic (exact) mass is 356 g/mol. The molecule has 1 atom stereocenters. The molecule has 0 spiro atoms. The SMILES string of the molecule is CC1=C(C(=O)c2ccccc2)C(c2ccc(Cl)cc2)NC(=S)N1C. The van der Waals surface area contributed by atoms with Crippen LogP contribution in [0.2, 0.25) is 5.02 Å². The summed E-state index contributed by atoms with van der Waals surface area (Å²) in [6, 6.07) is 16.5. The Hall–Kier alpha value is -2.17. The molecule has 1 unspecified atom stereocenters. The van der Waals surface area contributed by atoms with E-state index >= 15 is 0 Å². The predicted molar refractivity (Wildman–Crippen MR) is 101 cm³/mol. The molecule has 122 valence electrons. The van der Waals surface area contributed by atoms with E-state index in [0.29, 0.717) is 21.3 Å². The summed E-state index contributed by atoms with van der Waals surface area (Å²) in [5.74, 6) is -0.00472. The van der Waals surface area contributed by atoms with E-state index in [9.17, 15) is 4.79 Å². The van der Waals surface area contributed by atoms with E-state index < -0.39 is 0 Å². The van der Waals surface area contributed by atoms with E-state index in [1.54, 1.807) is 0 Å². The van der Waals surface area contributed by atoms with E-state index in [1.807, 2.05) is 73.5 Å². The lowest BCUT2D eigenvalue weighted by Gasteiger charge is -2.36. The van der Waals surface area contributed by atoms with Crippen LogP contribution in [-0.4, -0.2) is 22.8 Å². The maximum absolute atomic E-state index is 13.1. The minimum Gasteiger partial charge on any atom is -0.351 e. The molecule has 0 aliphatic carbocycles. The Bertz CT molecular complexity index is 815. The molecular weight excluding hydrogens is 340 g/mol. The van der Waals surface area contributed by atoms with E-state index in [1.165, 1.54) is 0 Å². The zero-order valence-electron chi connectivity index (χ0n) is 13.4. The first-order chi connectivity index (χ1) is 11.5. The zero-order valence-corrected chi connectivity index (χ0v) is 15.0. The Kier molecular flexibility index (Phi) is 4.69. The fourth-order valence-corrected chi connectivity index (χ4v) is 3.16. The van der Waals surface area contributed by atoms with Gasteiger partial charge in [-0.2, -0.15) is 0 Å². The summed E-state index contributed by atoms with van der Waals surface area (Å²) < 4.78 is 0. The number of nitrogens with one attached hydrogen (secondary N) is 1. The Morgan fingerprint density at radius 3 is 2.38 bits per heavy atom. The second-order valence-corrected chi connectivity index (χ2v) is 6.51. The normalized spacial score (nSPS) is 17.7. The molecule has 1 heterocycles. The molecule has 2 aromatic carbocycles. The first-order valence-electron chi connectivity index (χ1n) is 7.59. The number of carbonyl (C=O) groups excluding carboxylic acids is 1. The number of allylic oxidation sites excluding steroid dienone is 1. The van der Waals surface area contributed by atoms with Crippen molar-refractivity contribution in [2.45, 2.75) is 13.0 Å². The maximum atomic E-state index is 13.1. The van der Waals surface area contributed by atoms with Gasteiger partial charge in [-0.15, -0.1) is 0 Å². The van der Waals surface area contributed by atoms with Gasteiger partial charge in [0.2, 0.25) is 0 Å². The molecular formula is C19H17ClN2OS. The van der Waals surface area contributed by atoms with Crippen LogP contribution in [0.15, 0.2) is 65.9 Å². The van der Waals surface area contributed by atoms with Crippen molar-refractivity contribution in [1.82, 2.24) is 10.2 Å². The smallest absolute Gasteiger partial charge is 0.193 e. The number of carbonyl (C=O) groups is 1. The molecule has 1 aliphatic rings. The molecule has 0 bridgehead atoms. The fraction of sp³-hybridized carbons (Fsp3) is 0.158. The molecule has 3 rings (SSSR count). The van der Waals surface area contributed by atoms with Crippen molar-refractivity contribution in [3.05, 3.63) is 82.0 Å². The third-order valence-corrected chi connectivity index (χ3v) is 4.88. The summed E-state index contributed by atoms with van der Waals surface area (Å²) in [7, 11) is 1.86. The number of benzene rings is 2. The second kappa shape index (κ2) is 6.75. The molecule has 0 radical (unpaired) electrons. The van der Waals surface area contributed by atoms with Gasteiger partial charge in [-0.25, -0.2) is 0 Å². The molecule has 5 heteroatoms. The molecule has 0 saturated heterocycles. The van der Waals surface area contributed by atoms with Crippen molar-refractivity contribution in [2.75, 3.05) is 7.05 Å². The number of thiocarbonyl (C=S) groups is 1. The average molecular weight is 357 g/mol. The van der Waals surface area contributed by atoms with Crippen LogP contribution in [0.4, 0.5) is 0 Å². The highest BCUT2D eigenvalue weighted by Crippen LogP contribution is 2.32. The molecule has 0 fully saturated rings. The molecule has 24 heavy (non-hydrogen) atoms. The number of halogens is 1. The van der Waals surface area contributed by atoms with Gasteiger partial charge in [0.25, 0.3) is 0 Å². The van der Waals surface area contributed by atoms with Crippen molar-refractivity contribution in [2.24, 2.45) is 0 Å². The Balaban J connectivity index is 2.11. The van der Waals surface area contributed by atoms with Gasteiger partial charge in [0.05, 0.1) is 6.04 Å². The van der Waals surface area contributed by atoms with Crippen LogP contribution in [0, 0.1) is 0 Å². The minimum atomic E-state index is -0.293. The summed E-state index contributed by atoms with van der Waals surface area (Å²) in [4.78, 5) is 15.0. The molecule has 1 aliphatic heterocycles. The maximum Gasteiger partial charge on any atom is 0.193 e. The van der Waals surface area contributed by atoms with Crippen molar-refractivity contribution >= 4 is 34.7 Å². The first-order valence-corrected chi connectivity index (χ1v) is 8.38. The van der Waals surface area contributed by atoms with Crippen LogP contribution >= 0.6 is 23.8 Å². The zero-order chi connectivity index (χ0) is 17.3. The Morgan fingerprint density at radius 2 is 1.75 bits per heavy atom. The van der Waals surface area contributed by atoms with E-state index in [2.05, 4.69) is 5.32 Å². The molecule has 0 saturated carbocycles. The Labute approximate surface area is 151 Å². The molecule has 3 nitrogen and oxygen atoms in total. The van der Waals surface area contributed by atoms with E-state index in [-0.39, 0.29) is 11.8 Å². The fourth-order valence-electron chi connectivity index (χ4n) is 2.78. The highest BCUT2D eigenvalue weighted by Gasteiger charge is 2.32. The third-order valence-electron chi connectivity index (χ3n) is 4.24. The third kappa shape index (κ3) is 3.07. The molecule has 0 aromatic heterocycles. The number of hydrogen-bond donors (Lipinski definition) is 1. The lowest BCUT2D eigenvalue weighted by molar-refractivity contribution is 0.102. The number of Topliss-reactive ketones (excluding diaryl/α,β-unsaturated/α-hetero) is 1. The van der Waals surface area contributed by atoms with Crippen LogP contribution in [0.1, 0.15) is 28.9 Å². The van der Waals surface area contributed by atoms with Gasteiger partial charge < -0.3 is 10.2 Å². The van der Waals surface area contributed by atoms with Gasteiger partial charge in [0, 0.05) is 28.9 Å². The second-order valence-electron chi connectivity index (χ2n) is 5.69. The topological polar surface area (TPSA) is 32.3 Å². The standard InChI is InChI=1S/C19H17ClN2OS/c1-12-16(18(23)14-6-4-3-5-7-14)17(21-19(24)22(12)2)13-8-10-15(20)11-9-13/h3-11,17H,1-2H3,(H,21,24). The number of nitrogens with zero attached hydrogens (tertiary/aromatic N) is 1. The van der Waals surface area contributed by atoms with Gasteiger partial charge in [-0.1, -0.05) is 54.1 Å². The average Bonchev–Trinajstić information content (AvgIpc) is 2.60. The van der Waals surface area contributed by atoms with Gasteiger partial charge in [-0.3, -0.25) is 4.79 Å². The summed E-state index contributed by atoms with van der Waals surface area (Å²) in [6.07, 6.45) is 0. The molecule has 0 amide bonds. The van der Waals surface area contributed by atoms with E-state index in [0.717, 1.165) is 11.3 Å². The first kappa shape index (κ1) is 16.7. The number of ketones is 1. The summed E-state index contributed by atoms with van der Waals surface area (Å²) in [5, 5.41) is 4.52.